The number of nitrogens with zero attached hydrogens (tertiary/aromatic N) is 2. The first-order chi connectivity index (χ1) is 11.2. The van der Waals surface area contributed by atoms with Gasteiger partial charge >= 0.3 is 0 Å². The van der Waals surface area contributed by atoms with Crippen molar-refractivity contribution >= 4 is 11.8 Å². The second-order valence-corrected chi connectivity index (χ2v) is 6.48. The molecule has 2 heterocycles. The third kappa shape index (κ3) is 6.31. The highest BCUT2D eigenvalue weighted by molar-refractivity contribution is 5.78. The van der Waals surface area contributed by atoms with Crippen LogP contribution in [0.4, 0.5) is 0 Å². The molecule has 2 aliphatic rings. The van der Waals surface area contributed by atoms with E-state index >= 15 is 0 Å². The summed E-state index contributed by atoms with van der Waals surface area (Å²) in [5.41, 5.74) is 0. The fourth-order valence-electron chi connectivity index (χ4n) is 3.26. The highest BCUT2D eigenvalue weighted by Crippen LogP contribution is 2.18. The lowest BCUT2D eigenvalue weighted by Crippen LogP contribution is -2.51. The summed E-state index contributed by atoms with van der Waals surface area (Å²) in [7, 11) is 0. The van der Waals surface area contributed by atoms with Gasteiger partial charge in [0.2, 0.25) is 11.8 Å². The number of nitrogens with one attached hydrogen (secondary N) is 2. The van der Waals surface area contributed by atoms with Gasteiger partial charge < -0.3 is 15.5 Å². The predicted molar refractivity (Wildman–Crippen MR) is 91.1 cm³/mol. The fraction of sp³-hybridized carbons (Fsp3) is 0.765. The monoisotopic (exact) mass is 322 g/mol. The Hall–Kier alpha value is -1.40. The van der Waals surface area contributed by atoms with Crippen LogP contribution in [-0.2, 0) is 9.59 Å². The Bertz CT molecular complexity index is 399. The van der Waals surface area contributed by atoms with Gasteiger partial charge in [-0.2, -0.15) is 0 Å². The van der Waals surface area contributed by atoms with E-state index in [0.29, 0.717) is 25.4 Å². The summed E-state index contributed by atoms with van der Waals surface area (Å²) in [6, 6.07) is 0. The molecule has 0 aromatic rings. The molecule has 0 aliphatic carbocycles. The summed E-state index contributed by atoms with van der Waals surface area (Å²) in [4.78, 5) is 28.1. The fourth-order valence-corrected chi connectivity index (χ4v) is 3.26. The van der Waals surface area contributed by atoms with Gasteiger partial charge in [0.1, 0.15) is 0 Å². The van der Waals surface area contributed by atoms with Crippen LogP contribution in [0.1, 0.15) is 25.7 Å². The van der Waals surface area contributed by atoms with Crippen LogP contribution in [0.2, 0.25) is 0 Å². The Balaban J connectivity index is 1.62. The van der Waals surface area contributed by atoms with Gasteiger partial charge in [-0.15, -0.1) is 6.58 Å². The molecule has 0 saturated carbocycles. The molecule has 23 heavy (non-hydrogen) atoms. The summed E-state index contributed by atoms with van der Waals surface area (Å²) in [6.45, 7) is 9.71. The molecule has 0 aromatic carbocycles. The zero-order valence-corrected chi connectivity index (χ0v) is 14.1. The Morgan fingerprint density at radius 2 is 1.87 bits per heavy atom. The smallest absolute Gasteiger partial charge is 0.234 e. The molecule has 0 bridgehead atoms. The quantitative estimate of drug-likeness (QED) is 0.658. The minimum Gasteiger partial charge on any atom is -0.352 e. The van der Waals surface area contributed by atoms with Gasteiger partial charge in [-0.1, -0.05) is 6.08 Å². The highest BCUT2D eigenvalue weighted by atomic mass is 16.2. The molecule has 0 atom stereocenters. The number of hydrogen-bond donors (Lipinski definition) is 2. The van der Waals surface area contributed by atoms with Crippen molar-refractivity contribution in [2.24, 2.45) is 5.92 Å². The van der Waals surface area contributed by atoms with E-state index < -0.39 is 0 Å². The molecule has 0 spiro atoms. The molecule has 2 rings (SSSR count). The molecule has 2 N–H and O–H groups in total. The maximum Gasteiger partial charge on any atom is 0.234 e. The molecule has 0 unspecified atom stereocenters. The standard InChI is InChI=1S/C17H30N4O2/c1-2-7-19-16(22)14-20-10-12-21(13-11-20)17(23)4-3-15-5-8-18-9-6-15/h2,15,18H,1,3-14H2,(H,19,22). The SMILES string of the molecule is C=CCNC(=O)CN1CCN(C(=O)CCC2CCNCC2)CC1. The first-order valence-corrected chi connectivity index (χ1v) is 8.77. The molecule has 2 amide bonds. The molecule has 0 radical (unpaired) electrons. The third-order valence-electron chi connectivity index (χ3n) is 4.76. The second-order valence-electron chi connectivity index (χ2n) is 6.48. The van der Waals surface area contributed by atoms with E-state index in [-0.39, 0.29) is 11.8 Å². The van der Waals surface area contributed by atoms with Crippen LogP contribution >= 0.6 is 0 Å². The minimum absolute atomic E-state index is 0.0237. The number of amides is 2. The molecule has 2 saturated heterocycles. The van der Waals surface area contributed by atoms with Gasteiger partial charge in [0.25, 0.3) is 0 Å². The van der Waals surface area contributed by atoms with E-state index in [1.807, 2.05) is 4.90 Å². The van der Waals surface area contributed by atoms with Crippen LogP contribution in [0.25, 0.3) is 0 Å². The van der Waals surface area contributed by atoms with Crippen molar-refractivity contribution < 1.29 is 9.59 Å². The first kappa shape index (κ1) is 17.9. The zero-order chi connectivity index (χ0) is 16.5. The van der Waals surface area contributed by atoms with Crippen molar-refractivity contribution in [3.63, 3.8) is 0 Å². The van der Waals surface area contributed by atoms with Crippen molar-refractivity contribution in [1.29, 1.82) is 0 Å². The lowest BCUT2D eigenvalue weighted by atomic mass is 9.93. The van der Waals surface area contributed by atoms with Crippen molar-refractivity contribution in [1.82, 2.24) is 20.4 Å². The lowest BCUT2D eigenvalue weighted by Gasteiger charge is -2.34. The lowest BCUT2D eigenvalue weighted by molar-refractivity contribution is -0.133. The summed E-state index contributed by atoms with van der Waals surface area (Å²) in [5, 5.41) is 6.15. The van der Waals surface area contributed by atoms with Gasteiger partial charge in [0.05, 0.1) is 6.54 Å². The normalized spacial score (nSPS) is 20.3. The molecular formula is C17H30N4O2. The largest absolute Gasteiger partial charge is 0.352 e. The van der Waals surface area contributed by atoms with E-state index in [0.717, 1.165) is 45.7 Å². The van der Waals surface area contributed by atoms with E-state index in [1.165, 1.54) is 12.8 Å². The van der Waals surface area contributed by atoms with Crippen molar-refractivity contribution in [2.45, 2.75) is 25.7 Å². The Kier molecular flexibility index (Phi) is 7.55. The van der Waals surface area contributed by atoms with E-state index in [2.05, 4.69) is 22.1 Å². The molecule has 6 heteroatoms. The van der Waals surface area contributed by atoms with Gasteiger partial charge in [0.15, 0.2) is 0 Å². The number of carbonyl (C=O) groups is 2. The molecule has 6 nitrogen and oxygen atoms in total. The number of rotatable bonds is 7. The summed E-state index contributed by atoms with van der Waals surface area (Å²) < 4.78 is 0. The van der Waals surface area contributed by atoms with Gasteiger partial charge in [0, 0.05) is 39.1 Å². The maximum absolute atomic E-state index is 12.3. The number of piperidine rings is 1. The van der Waals surface area contributed by atoms with Gasteiger partial charge in [-0.05, 0) is 38.3 Å². The summed E-state index contributed by atoms with van der Waals surface area (Å²) >= 11 is 0. The average molecular weight is 322 g/mol. The Labute approximate surface area is 139 Å². The highest BCUT2D eigenvalue weighted by Gasteiger charge is 2.23. The second kappa shape index (κ2) is 9.67. The van der Waals surface area contributed by atoms with Crippen LogP contribution in [-0.4, -0.2) is 74.0 Å². The number of hydrogen-bond acceptors (Lipinski definition) is 4. The summed E-state index contributed by atoms with van der Waals surface area (Å²) in [6.07, 6.45) is 5.76. The van der Waals surface area contributed by atoms with E-state index in [9.17, 15) is 9.59 Å². The van der Waals surface area contributed by atoms with Crippen LogP contribution in [0.15, 0.2) is 12.7 Å². The van der Waals surface area contributed by atoms with E-state index in [4.69, 9.17) is 0 Å². The number of carbonyl (C=O) groups excluding carboxylic acids is 2. The Morgan fingerprint density at radius 1 is 1.17 bits per heavy atom. The molecule has 2 aliphatic heterocycles. The van der Waals surface area contributed by atoms with Crippen molar-refractivity contribution in [3.05, 3.63) is 12.7 Å². The number of piperazine rings is 1. The molecule has 2 fully saturated rings. The van der Waals surface area contributed by atoms with E-state index in [1.54, 1.807) is 6.08 Å². The van der Waals surface area contributed by atoms with Crippen LogP contribution < -0.4 is 10.6 Å². The molecule has 0 aromatic heterocycles. The predicted octanol–water partition coefficient (Wildman–Crippen LogP) is 0.213. The van der Waals surface area contributed by atoms with Crippen molar-refractivity contribution in [2.75, 3.05) is 52.4 Å². The first-order valence-electron chi connectivity index (χ1n) is 8.77. The van der Waals surface area contributed by atoms with Crippen LogP contribution in [0, 0.1) is 5.92 Å². The molecule has 130 valence electrons. The van der Waals surface area contributed by atoms with Crippen LogP contribution in [0.3, 0.4) is 0 Å². The van der Waals surface area contributed by atoms with Gasteiger partial charge in [-0.25, -0.2) is 0 Å². The Morgan fingerprint density at radius 3 is 2.52 bits per heavy atom. The molecular weight excluding hydrogens is 292 g/mol. The maximum atomic E-state index is 12.3. The summed E-state index contributed by atoms with van der Waals surface area (Å²) in [5.74, 6) is 1.00. The van der Waals surface area contributed by atoms with Crippen molar-refractivity contribution in [3.8, 4) is 0 Å². The third-order valence-corrected chi connectivity index (χ3v) is 4.76. The average Bonchev–Trinajstić information content (AvgIpc) is 2.59. The zero-order valence-electron chi connectivity index (χ0n) is 14.1. The van der Waals surface area contributed by atoms with Gasteiger partial charge in [-0.3, -0.25) is 14.5 Å². The topological polar surface area (TPSA) is 64.7 Å². The van der Waals surface area contributed by atoms with Crippen LogP contribution in [0.5, 0.6) is 0 Å². The minimum atomic E-state index is 0.0237.